The fourth-order valence-corrected chi connectivity index (χ4v) is 2.37. The molecule has 2 aromatic rings. The Labute approximate surface area is 120 Å². The van der Waals surface area contributed by atoms with Crippen molar-refractivity contribution in [3.8, 4) is 5.69 Å². The highest BCUT2D eigenvalue weighted by atomic mass is 16.3. The van der Waals surface area contributed by atoms with Gasteiger partial charge in [-0.3, -0.25) is 4.90 Å². The van der Waals surface area contributed by atoms with Crippen molar-refractivity contribution in [1.29, 1.82) is 0 Å². The molecule has 0 aliphatic carbocycles. The van der Waals surface area contributed by atoms with Crippen molar-refractivity contribution in [3.05, 3.63) is 47.8 Å². The van der Waals surface area contributed by atoms with Gasteiger partial charge in [0.2, 0.25) is 0 Å². The SMILES string of the molecule is Cc1nn(-c2ccccc2)cc1CN(C)CC(C)(C)O. The third-order valence-corrected chi connectivity index (χ3v) is 3.12. The van der Waals surface area contributed by atoms with E-state index in [4.69, 9.17) is 0 Å². The van der Waals surface area contributed by atoms with Crippen molar-refractivity contribution in [2.75, 3.05) is 13.6 Å². The van der Waals surface area contributed by atoms with E-state index in [0.717, 1.165) is 17.9 Å². The Hall–Kier alpha value is -1.65. The van der Waals surface area contributed by atoms with Crippen LogP contribution in [0.1, 0.15) is 25.1 Å². The summed E-state index contributed by atoms with van der Waals surface area (Å²) >= 11 is 0. The molecule has 4 nitrogen and oxygen atoms in total. The summed E-state index contributed by atoms with van der Waals surface area (Å²) in [6.07, 6.45) is 2.06. The Morgan fingerprint density at radius 2 is 1.90 bits per heavy atom. The third-order valence-electron chi connectivity index (χ3n) is 3.12. The second-order valence-corrected chi connectivity index (χ2v) is 6.00. The van der Waals surface area contributed by atoms with Crippen LogP contribution in [0.25, 0.3) is 5.69 Å². The summed E-state index contributed by atoms with van der Waals surface area (Å²) < 4.78 is 1.91. The van der Waals surface area contributed by atoms with Crippen LogP contribution in [-0.4, -0.2) is 39.0 Å². The van der Waals surface area contributed by atoms with Gasteiger partial charge in [-0.15, -0.1) is 0 Å². The number of rotatable bonds is 5. The molecule has 1 N–H and O–H groups in total. The molecule has 1 aromatic carbocycles. The van der Waals surface area contributed by atoms with Crippen molar-refractivity contribution in [1.82, 2.24) is 14.7 Å². The van der Waals surface area contributed by atoms with Gasteiger partial charge in [0, 0.05) is 24.8 Å². The summed E-state index contributed by atoms with van der Waals surface area (Å²) in [6, 6.07) is 10.1. The topological polar surface area (TPSA) is 41.3 Å². The van der Waals surface area contributed by atoms with E-state index in [1.54, 1.807) is 0 Å². The predicted octanol–water partition coefficient (Wildman–Crippen LogP) is 2.38. The molecule has 1 aromatic heterocycles. The van der Waals surface area contributed by atoms with E-state index in [-0.39, 0.29) is 0 Å². The quantitative estimate of drug-likeness (QED) is 0.909. The largest absolute Gasteiger partial charge is 0.389 e. The summed E-state index contributed by atoms with van der Waals surface area (Å²) in [6.45, 7) is 7.08. The van der Waals surface area contributed by atoms with E-state index >= 15 is 0 Å². The van der Waals surface area contributed by atoms with Crippen molar-refractivity contribution >= 4 is 0 Å². The van der Waals surface area contributed by atoms with Crippen LogP contribution in [0, 0.1) is 6.92 Å². The lowest BCUT2D eigenvalue weighted by atomic mass is 10.1. The summed E-state index contributed by atoms with van der Waals surface area (Å²) in [4.78, 5) is 2.11. The summed E-state index contributed by atoms with van der Waals surface area (Å²) in [5.74, 6) is 0. The van der Waals surface area contributed by atoms with Crippen LogP contribution in [0.5, 0.6) is 0 Å². The van der Waals surface area contributed by atoms with Crippen LogP contribution in [-0.2, 0) is 6.54 Å². The minimum atomic E-state index is -0.682. The highest BCUT2D eigenvalue weighted by Crippen LogP contribution is 2.14. The fraction of sp³-hybridized carbons (Fsp3) is 0.438. The molecule has 20 heavy (non-hydrogen) atoms. The zero-order chi connectivity index (χ0) is 14.8. The third kappa shape index (κ3) is 3.92. The number of aryl methyl sites for hydroxylation is 1. The first-order chi connectivity index (χ1) is 9.35. The number of aliphatic hydroxyl groups is 1. The maximum absolute atomic E-state index is 9.86. The normalized spacial score (nSPS) is 12.1. The second-order valence-electron chi connectivity index (χ2n) is 6.00. The molecule has 0 unspecified atom stereocenters. The molecule has 0 amide bonds. The highest BCUT2D eigenvalue weighted by Gasteiger charge is 2.17. The summed E-state index contributed by atoms with van der Waals surface area (Å²) in [5.41, 5.74) is 2.59. The predicted molar refractivity (Wildman–Crippen MR) is 80.9 cm³/mol. The number of nitrogens with zero attached hydrogens (tertiary/aromatic N) is 3. The van der Waals surface area contributed by atoms with Crippen LogP contribution in [0.15, 0.2) is 36.5 Å². The molecular weight excluding hydrogens is 250 g/mol. The van der Waals surface area contributed by atoms with Crippen LogP contribution < -0.4 is 0 Å². The molecule has 0 radical (unpaired) electrons. The molecule has 0 fully saturated rings. The van der Waals surface area contributed by atoms with Gasteiger partial charge < -0.3 is 5.11 Å². The zero-order valence-corrected chi connectivity index (χ0v) is 12.7. The molecule has 0 saturated heterocycles. The van der Waals surface area contributed by atoms with E-state index in [9.17, 15) is 5.11 Å². The van der Waals surface area contributed by atoms with Crippen LogP contribution in [0.4, 0.5) is 0 Å². The van der Waals surface area contributed by atoms with E-state index in [2.05, 4.69) is 16.2 Å². The van der Waals surface area contributed by atoms with Gasteiger partial charge in [-0.05, 0) is 40.0 Å². The fourth-order valence-electron chi connectivity index (χ4n) is 2.37. The van der Waals surface area contributed by atoms with E-state index in [1.165, 1.54) is 5.56 Å². The zero-order valence-electron chi connectivity index (χ0n) is 12.7. The molecule has 0 aliphatic heterocycles. The molecule has 0 bridgehead atoms. The lowest BCUT2D eigenvalue weighted by Gasteiger charge is -2.25. The second kappa shape index (κ2) is 5.77. The van der Waals surface area contributed by atoms with Crippen molar-refractivity contribution in [3.63, 3.8) is 0 Å². The van der Waals surface area contributed by atoms with Gasteiger partial charge in [0.15, 0.2) is 0 Å². The Kier molecular flexibility index (Phi) is 4.26. The van der Waals surface area contributed by atoms with Crippen LogP contribution in [0.2, 0.25) is 0 Å². The number of likely N-dealkylation sites (N-methyl/N-ethyl adjacent to an activating group) is 1. The maximum Gasteiger partial charge on any atom is 0.0718 e. The van der Waals surface area contributed by atoms with E-state index in [0.29, 0.717) is 6.54 Å². The smallest absolute Gasteiger partial charge is 0.0718 e. The molecule has 0 spiro atoms. The van der Waals surface area contributed by atoms with Gasteiger partial charge >= 0.3 is 0 Å². The van der Waals surface area contributed by atoms with Crippen LogP contribution >= 0.6 is 0 Å². The minimum absolute atomic E-state index is 0.628. The Balaban J connectivity index is 2.12. The molecule has 1 heterocycles. The van der Waals surface area contributed by atoms with Gasteiger partial charge in [0.05, 0.1) is 17.0 Å². The number of hydrogen-bond donors (Lipinski definition) is 1. The average Bonchev–Trinajstić information content (AvgIpc) is 2.70. The molecule has 0 aliphatic rings. The molecule has 2 rings (SSSR count). The monoisotopic (exact) mass is 273 g/mol. The van der Waals surface area contributed by atoms with Crippen molar-refractivity contribution in [2.24, 2.45) is 0 Å². The lowest BCUT2D eigenvalue weighted by Crippen LogP contribution is -2.35. The highest BCUT2D eigenvalue weighted by molar-refractivity contribution is 5.32. The molecule has 0 saturated carbocycles. The summed E-state index contributed by atoms with van der Waals surface area (Å²) in [5, 5.41) is 14.4. The van der Waals surface area contributed by atoms with Gasteiger partial charge in [-0.2, -0.15) is 5.10 Å². The van der Waals surface area contributed by atoms with Gasteiger partial charge in [-0.25, -0.2) is 4.68 Å². The van der Waals surface area contributed by atoms with Crippen molar-refractivity contribution in [2.45, 2.75) is 32.9 Å². The average molecular weight is 273 g/mol. The Morgan fingerprint density at radius 3 is 2.50 bits per heavy atom. The number of aromatic nitrogens is 2. The Bertz CT molecular complexity index is 555. The van der Waals surface area contributed by atoms with E-state index in [1.807, 2.05) is 62.8 Å². The van der Waals surface area contributed by atoms with Gasteiger partial charge in [0.25, 0.3) is 0 Å². The number of para-hydroxylation sites is 1. The maximum atomic E-state index is 9.86. The van der Waals surface area contributed by atoms with Crippen LogP contribution in [0.3, 0.4) is 0 Å². The number of hydrogen-bond acceptors (Lipinski definition) is 3. The summed E-state index contributed by atoms with van der Waals surface area (Å²) in [7, 11) is 2.01. The molecule has 4 heteroatoms. The first-order valence-corrected chi connectivity index (χ1v) is 6.87. The first-order valence-electron chi connectivity index (χ1n) is 6.87. The molecule has 108 valence electrons. The minimum Gasteiger partial charge on any atom is -0.389 e. The van der Waals surface area contributed by atoms with Crippen molar-refractivity contribution < 1.29 is 5.11 Å². The lowest BCUT2D eigenvalue weighted by molar-refractivity contribution is 0.0424. The standard InChI is InChI=1S/C16H23N3O/c1-13-14(10-18(4)12-16(2,3)20)11-19(17-13)15-8-6-5-7-9-15/h5-9,11,20H,10,12H2,1-4H3. The van der Waals surface area contributed by atoms with E-state index < -0.39 is 5.60 Å². The van der Waals surface area contributed by atoms with Gasteiger partial charge in [0.1, 0.15) is 0 Å². The van der Waals surface area contributed by atoms with Gasteiger partial charge in [-0.1, -0.05) is 18.2 Å². The molecule has 0 atom stereocenters. The number of benzene rings is 1. The molecular formula is C16H23N3O. The Morgan fingerprint density at radius 1 is 1.25 bits per heavy atom. The first kappa shape index (κ1) is 14.8.